The lowest BCUT2D eigenvalue weighted by molar-refractivity contribution is 0.414. The number of benzene rings is 2. The van der Waals surface area contributed by atoms with E-state index in [1.165, 1.54) is 6.20 Å². The Balaban J connectivity index is 1.64. The predicted octanol–water partition coefficient (Wildman–Crippen LogP) is 4.12. The smallest absolute Gasteiger partial charge is 0.261 e. The fourth-order valence-electron chi connectivity index (χ4n) is 2.59. The number of hydrogen-bond donors (Lipinski definition) is 2. The van der Waals surface area contributed by atoms with E-state index in [9.17, 15) is 8.42 Å². The van der Waals surface area contributed by atoms with Crippen molar-refractivity contribution in [2.75, 3.05) is 17.1 Å². The molecular weight excluding hydrogens is 374 g/mol. The van der Waals surface area contributed by atoms with Crippen molar-refractivity contribution in [1.82, 2.24) is 4.98 Å². The van der Waals surface area contributed by atoms with Gasteiger partial charge in [-0.05, 0) is 66.9 Å². The van der Waals surface area contributed by atoms with Gasteiger partial charge in [0.2, 0.25) is 0 Å². The van der Waals surface area contributed by atoms with Crippen LogP contribution in [0.4, 0.5) is 11.5 Å². The highest BCUT2D eigenvalue weighted by Crippen LogP contribution is 2.19. The molecule has 1 heterocycles. The van der Waals surface area contributed by atoms with Crippen LogP contribution in [0.1, 0.15) is 16.7 Å². The molecule has 0 fully saturated rings. The monoisotopic (exact) mass is 397 g/mol. The van der Waals surface area contributed by atoms with Gasteiger partial charge in [-0.2, -0.15) is 0 Å². The molecule has 3 aromatic rings. The number of sulfonamides is 1. The summed E-state index contributed by atoms with van der Waals surface area (Å²) in [4.78, 5) is 4.51. The van der Waals surface area contributed by atoms with E-state index in [-0.39, 0.29) is 4.90 Å². The number of hydrogen-bond acceptors (Lipinski definition) is 5. The Bertz CT molecular complexity index is 1050. The molecular formula is C21H23N3O3S. The van der Waals surface area contributed by atoms with E-state index in [1.54, 1.807) is 37.4 Å². The number of methoxy groups -OCH3 is 1. The maximum Gasteiger partial charge on any atom is 0.261 e. The lowest BCUT2D eigenvalue weighted by Gasteiger charge is -2.11. The van der Waals surface area contributed by atoms with E-state index in [2.05, 4.69) is 15.0 Å². The molecule has 1 aromatic heterocycles. The average Bonchev–Trinajstić information content (AvgIpc) is 2.69. The fourth-order valence-corrected chi connectivity index (χ4v) is 3.72. The highest BCUT2D eigenvalue weighted by Gasteiger charge is 2.15. The molecule has 0 spiro atoms. The Morgan fingerprint density at radius 1 is 0.964 bits per heavy atom. The predicted molar refractivity (Wildman–Crippen MR) is 111 cm³/mol. The van der Waals surface area contributed by atoms with Gasteiger partial charge in [0.15, 0.2) is 0 Å². The van der Waals surface area contributed by atoms with Crippen molar-refractivity contribution >= 4 is 21.5 Å². The van der Waals surface area contributed by atoms with Crippen LogP contribution in [0.2, 0.25) is 0 Å². The Morgan fingerprint density at radius 3 is 2.32 bits per heavy atom. The van der Waals surface area contributed by atoms with E-state index in [0.29, 0.717) is 18.1 Å². The molecule has 0 aliphatic carbocycles. The van der Waals surface area contributed by atoms with Gasteiger partial charge >= 0.3 is 0 Å². The second-order valence-corrected chi connectivity index (χ2v) is 8.17. The number of ether oxygens (including phenoxy) is 1. The van der Waals surface area contributed by atoms with Crippen LogP contribution in [0.5, 0.6) is 5.75 Å². The zero-order valence-electron chi connectivity index (χ0n) is 16.1. The van der Waals surface area contributed by atoms with Crippen LogP contribution >= 0.6 is 0 Å². The number of nitrogens with one attached hydrogen (secondary N) is 2. The van der Waals surface area contributed by atoms with Crippen molar-refractivity contribution in [2.45, 2.75) is 25.3 Å². The first-order valence-corrected chi connectivity index (χ1v) is 10.3. The van der Waals surface area contributed by atoms with Gasteiger partial charge < -0.3 is 10.1 Å². The van der Waals surface area contributed by atoms with E-state index < -0.39 is 10.0 Å². The van der Waals surface area contributed by atoms with E-state index >= 15 is 0 Å². The summed E-state index contributed by atoms with van der Waals surface area (Å²) in [6.07, 6.45) is 1.49. The third-order valence-corrected chi connectivity index (χ3v) is 5.82. The molecule has 0 saturated carbocycles. The van der Waals surface area contributed by atoms with Crippen molar-refractivity contribution in [1.29, 1.82) is 0 Å². The van der Waals surface area contributed by atoms with Crippen molar-refractivity contribution in [3.8, 4) is 5.75 Å². The average molecular weight is 398 g/mol. The Hall–Kier alpha value is -3.06. The fraction of sp³-hybridized carbons (Fsp3) is 0.190. The molecule has 0 aliphatic heterocycles. The highest BCUT2D eigenvalue weighted by molar-refractivity contribution is 7.92. The summed E-state index contributed by atoms with van der Waals surface area (Å²) < 4.78 is 32.8. The van der Waals surface area contributed by atoms with Crippen LogP contribution in [-0.2, 0) is 16.6 Å². The molecule has 0 aliphatic rings. The molecule has 146 valence electrons. The van der Waals surface area contributed by atoms with Crippen molar-refractivity contribution in [3.05, 3.63) is 77.5 Å². The first-order valence-electron chi connectivity index (χ1n) is 8.80. The topological polar surface area (TPSA) is 80.3 Å². The van der Waals surface area contributed by atoms with Crippen molar-refractivity contribution in [2.24, 2.45) is 0 Å². The van der Waals surface area contributed by atoms with Crippen LogP contribution in [0.15, 0.2) is 65.7 Å². The first-order chi connectivity index (χ1) is 13.4. The molecule has 2 aromatic carbocycles. The van der Waals surface area contributed by atoms with Crippen LogP contribution < -0.4 is 14.8 Å². The standard InChI is InChI=1S/C21H23N3O3S/c1-15-4-10-20(12-16(15)2)28(25,26)24-18-7-11-21(23-14-18)22-13-17-5-8-19(27-3)9-6-17/h4-12,14,24H,13H2,1-3H3,(H,22,23). The summed E-state index contributed by atoms with van der Waals surface area (Å²) in [5.74, 6) is 1.47. The lowest BCUT2D eigenvalue weighted by atomic mass is 10.1. The molecule has 28 heavy (non-hydrogen) atoms. The number of nitrogens with zero attached hydrogens (tertiary/aromatic N) is 1. The minimum atomic E-state index is -3.65. The molecule has 6 nitrogen and oxygen atoms in total. The molecule has 0 bridgehead atoms. The third kappa shape index (κ3) is 4.80. The molecule has 2 N–H and O–H groups in total. The second-order valence-electron chi connectivity index (χ2n) is 6.49. The first kappa shape index (κ1) is 19.7. The molecule has 0 unspecified atom stereocenters. The third-order valence-electron chi connectivity index (χ3n) is 4.44. The largest absolute Gasteiger partial charge is 0.497 e. The quantitative estimate of drug-likeness (QED) is 0.627. The van der Waals surface area contributed by atoms with Gasteiger partial charge in [-0.3, -0.25) is 4.72 Å². The normalized spacial score (nSPS) is 11.1. The lowest BCUT2D eigenvalue weighted by Crippen LogP contribution is -2.13. The SMILES string of the molecule is COc1ccc(CNc2ccc(NS(=O)(=O)c3ccc(C)c(C)c3)cn2)cc1. The van der Waals surface area contributed by atoms with E-state index in [4.69, 9.17) is 4.74 Å². The summed E-state index contributed by atoms with van der Waals surface area (Å²) >= 11 is 0. The number of pyridine rings is 1. The molecule has 3 rings (SSSR count). The van der Waals surface area contributed by atoms with Gasteiger partial charge in [0.05, 0.1) is 23.9 Å². The summed E-state index contributed by atoms with van der Waals surface area (Å²) in [5, 5.41) is 3.20. The zero-order valence-corrected chi connectivity index (χ0v) is 16.9. The number of aryl methyl sites for hydroxylation is 2. The van der Waals surface area contributed by atoms with Gasteiger partial charge in [-0.25, -0.2) is 13.4 Å². The summed E-state index contributed by atoms with van der Waals surface area (Å²) in [6, 6.07) is 16.2. The highest BCUT2D eigenvalue weighted by atomic mass is 32.2. The van der Waals surface area contributed by atoms with Gasteiger partial charge in [-0.1, -0.05) is 18.2 Å². The van der Waals surface area contributed by atoms with Gasteiger partial charge in [-0.15, -0.1) is 0 Å². The van der Waals surface area contributed by atoms with E-state index in [0.717, 1.165) is 22.4 Å². The second kappa shape index (κ2) is 8.31. The molecule has 7 heteroatoms. The zero-order chi connectivity index (χ0) is 20.1. The van der Waals surface area contributed by atoms with Crippen molar-refractivity contribution < 1.29 is 13.2 Å². The number of anilines is 2. The van der Waals surface area contributed by atoms with Crippen LogP contribution in [-0.4, -0.2) is 20.5 Å². The van der Waals surface area contributed by atoms with Crippen LogP contribution in [0.25, 0.3) is 0 Å². The van der Waals surface area contributed by atoms with Crippen molar-refractivity contribution in [3.63, 3.8) is 0 Å². The van der Waals surface area contributed by atoms with Gasteiger partial charge in [0, 0.05) is 6.54 Å². The van der Waals surface area contributed by atoms with Gasteiger partial charge in [0.25, 0.3) is 10.0 Å². The van der Waals surface area contributed by atoms with E-state index in [1.807, 2.05) is 38.1 Å². The Labute approximate surface area is 165 Å². The summed E-state index contributed by atoms with van der Waals surface area (Å²) in [7, 11) is -2.02. The molecule has 0 radical (unpaired) electrons. The summed E-state index contributed by atoms with van der Waals surface area (Å²) in [5.41, 5.74) is 3.47. The van der Waals surface area contributed by atoms with Crippen LogP contribution in [0, 0.1) is 13.8 Å². The minimum Gasteiger partial charge on any atom is -0.497 e. The maximum atomic E-state index is 12.5. The Morgan fingerprint density at radius 2 is 1.71 bits per heavy atom. The number of aromatic nitrogens is 1. The Kier molecular flexibility index (Phi) is 5.84. The molecule has 0 amide bonds. The summed E-state index contributed by atoms with van der Waals surface area (Å²) in [6.45, 7) is 4.44. The van der Waals surface area contributed by atoms with Gasteiger partial charge in [0.1, 0.15) is 11.6 Å². The number of rotatable bonds is 7. The van der Waals surface area contributed by atoms with Crippen LogP contribution in [0.3, 0.4) is 0 Å². The minimum absolute atomic E-state index is 0.234. The molecule has 0 saturated heterocycles. The molecule has 0 atom stereocenters. The maximum absolute atomic E-state index is 12.5.